The molecule has 1 saturated heterocycles. The van der Waals surface area contributed by atoms with Crippen LogP contribution in [-0.2, 0) is 4.79 Å². The average Bonchev–Trinajstić information content (AvgIpc) is 2.61. The van der Waals surface area contributed by atoms with E-state index in [1.807, 2.05) is 24.8 Å². The van der Waals surface area contributed by atoms with Gasteiger partial charge in [-0.1, -0.05) is 20.8 Å². The molecule has 0 aliphatic carbocycles. The number of fused-ring (bicyclic) bond motifs is 1. The number of hydrogen-bond donors (Lipinski definition) is 1. The van der Waals surface area contributed by atoms with Crippen LogP contribution in [0.15, 0.2) is 18.2 Å². The molecule has 2 heterocycles. The molecule has 0 radical (unpaired) electrons. The predicted octanol–water partition coefficient (Wildman–Crippen LogP) is 3.40. The minimum absolute atomic E-state index is 0.00197. The molecular formula is C22H30N4O2. The van der Waals surface area contributed by atoms with Crippen LogP contribution in [0.25, 0.3) is 11.0 Å². The normalized spacial score (nSPS) is 15.7. The summed E-state index contributed by atoms with van der Waals surface area (Å²) in [5.41, 5.74) is 3.90. The van der Waals surface area contributed by atoms with Gasteiger partial charge in [0, 0.05) is 31.1 Å². The summed E-state index contributed by atoms with van der Waals surface area (Å²) in [5.74, 6) is 0.109. The number of carbonyl (C=O) groups is 2. The molecule has 1 aliphatic heterocycles. The number of hydrogen-bond acceptors (Lipinski definition) is 4. The van der Waals surface area contributed by atoms with Crippen LogP contribution in [0.1, 0.15) is 61.8 Å². The third kappa shape index (κ3) is 4.86. The van der Waals surface area contributed by atoms with Crippen molar-refractivity contribution < 1.29 is 9.59 Å². The molecule has 1 N–H and O–H groups in total. The number of nitrogens with zero attached hydrogens (tertiary/aromatic N) is 3. The van der Waals surface area contributed by atoms with Crippen molar-refractivity contribution >= 4 is 22.8 Å². The van der Waals surface area contributed by atoms with Crippen LogP contribution in [0, 0.1) is 19.3 Å². The van der Waals surface area contributed by atoms with E-state index in [-0.39, 0.29) is 23.3 Å². The zero-order chi connectivity index (χ0) is 20.5. The first kappa shape index (κ1) is 20.2. The lowest BCUT2D eigenvalue weighted by Crippen LogP contribution is -2.47. The molecule has 1 aliphatic rings. The second-order valence-corrected chi connectivity index (χ2v) is 8.96. The van der Waals surface area contributed by atoms with E-state index in [0.29, 0.717) is 25.1 Å². The van der Waals surface area contributed by atoms with Gasteiger partial charge < -0.3 is 10.2 Å². The molecule has 0 bridgehead atoms. The number of amides is 2. The molecule has 2 amide bonds. The Morgan fingerprint density at radius 1 is 1.07 bits per heavy atom. The number of benzene rings is 1. The summed E-state index contributed by atoms with van der Waals surface area (Å²) >= 11 is 0. The summed E-state index contributed by atoms with van der Waals surface area (Å²) in [7, 11) is 0. The van der Waals surface area contributed by atoms with Gasteiger partial charge in [-0.05, 0) is 50.3 Å². The molecule has 6 heteroatoms. The van der Waals surface area contributed by atoms with E-state index in [9.17, 15) is 9.59 Å². The second-order valence-electron chi connectivity index (χ2n) is 8.96. The van der Waals surface area contributed by atoms with E-state index in [1.54, 1.807) is 12.1 Å². The Morgan fingerprint density at radius 3 is 2.29 bits per heavy atom. The van der Waals surface area contributed by atoms with Gasteiger partial charge in [0.25, 0.3) is 5.91 Å². The molecule has 2 aromatic rings. The molecule has 3 rings (SSSR count). The summed E-state index contributed by atoms with van der Waals surface area (Å²) in [6, 6.07) is 5.53. The molecule has 0 atom stereocenters. The van der Waals surface area contributed by atoms with E-state index >= 15 is 0 Å². The van der Waals surface area contributed by atoms with Crippen molar-refractivity contribution in [3.63, 3.8) is 0 Å². The van der Waals surface area contributed by atoms with Crippen molar-refractivity contribution in [2.75, 3.05) is 13.1 Å². The quantitative estimate of drug-likeness (QED) is 0.883. The molecule has 6 nitrogen and oxygen atoms in total. The van der Waals surface area contributed by atoms with Crippen molar-refractivity contribution in [1.82, 2.24) is 20.2 Å². The molecule has 1 fully saturated rings. The lowest BCUT2D eigenvalue weighted by molar-refractivity contribution is -0.134. The van der Waals surface area contributed by atoms with Crippen molar-refractivity contribution in [2.24, 2.45) is 5.41 Å². The Hall–Kier alpha value is -2.50. The van der Waals surface area contributed by atoms with Crippen molar-refractivity contribution in [3.05, 3.63) is 35.2 Å². The van der Waals surface area contributed by atoms with Crippen LogP contribution in [0.2, 0.25) is 0 Å². The Kier molecular flexibility index (Phi) is 5.68. The number of piperidine rings is 1. The molecule has 1 aromatic carbocycles. The van der Waals surface area contributed by atoms with Gasteiger partial charge in [0.05, 0.1) is 22.4 Å². The maximum absolute atomic E-state index is 12.7. The second kappa shape index (κ2) is 7.86. The minimum atomic E-state index is -0.0959. The van der Waals surface area contributed by atoms with Crippen molar-refractivity contribution in [2.45, 2.75) is 59.9 Å². The standard InChI is InChI=1S/C22H30N4O2/c1-14-15(2)24-19-12-16(6-7-18(19)23-14)21(28)25-17-8-10-26(11-9-17)20(27)13-22(3,4)5/h6-7,12,17H,8-11,13H2,1-5H3,(H,25,28). The number of likely N-dealkylation sites (tertiary alicyclic amines) is 1. The molecule has 28 heavy (non-hydrogen) atoms. The third-order valence-electron chi connectivity index (χ3n) is 5.20. The van der Waals surface area contributed by atoms with Gasteiger partial charge >= 0.3 is 0 Å². The monoisotopic (exact) mass is 382 g/mol. The summed E-state index contributed by atoms with van der Waals surface area (Å²) in [6.45, 7) is 11.5. The van der Waals surface area contributed by atoms with E-state index in [2.05, 4.69) is 36.1 Å². The molecule has 150 valence electrons. The maximum atomic E-state index is 12.7. The van der Waals surface area contributed by atoms with Crippen LogP contribution < -0.4 is 5.32 Å². The van der Waals surface area contributed by atoms with Gasteiger partial charge in [-0.3, -0.25) is 9.59 Å². The molecule has 1 aromatic heterocycles. The molecule has 0 saturated carbocycles. The van der Waals surface area contributed by atoms with Gasteiger partial charge in [0.2, 0.25) is 5.91 Å². The lowest BCUT2D eigenvalue weighted by Gasteiger charge is -2.34. The average molecular weight is 383 g/mol. The summed E-state index contributed by atoms with van der Waals surface area (Å²) in [6.07, 6.45) is 2.13. The maximum Gasteiger partial charge on any atom is 0.251 e. The van der Waals surface area contributed by atoms with E-state index in [0.717, 1.165) is 35.3 Å². The number of carbonyl (C=O) groups excluding carboxylic acids is 2. The highest BCUT2D eigenvalue weighted by molar-refractivity contribution is 5.97. The fourth-order valence-corrected chi connectivity index (χ4v) is 3.48. The SMILES string of the molecule is Cc1nc2ccc(C(=O)NC3CCN(C(=O)CC(C)(C)C)CC3)cc2nc1C. The number of nitrogens with one attached hydrogen (secondary N) is 1. The van der Waals surface area contributed by atoms with Crippen LogP contribution >= 0.6 is 0 Å². The largest absolute Gasteiger partial charge is 0.349 e. The van der Waals surface area contributed by atoms with E-state index < -0.39 is 0 Å². The van der Waals surface area contributed by atoms with Crippen molar-refractivity contribution in [1.29, 1.82) is 0 Å². The first-order valence-electron chi connectivity index (χ1n) is 9.96. The predicted molar refractivity (Wildman–Crippen MR) is 110 cm³/mol. The van der Waals surface area contributed by atoms with Crippen LogP contribution in [0.3, 0.4) is 0 Å². The number of rotatable bonds is 3. The highest BCUT2D eigenvalue weighted by Gasteiger charge is 2.26. The Balaban J connectivity index is 1.59. The van der Waals surface area contributed by atoms with E-state index in [4.69, 9.17) is 0 Å². The van der Waals surface area contributed by atoms with Gasteiger partial charge in [0.1, 0.15) is 0 Å². The first-order valence-corrected chi connectivity index (χ1v) is 9.96. The molecular weight excluding hydrogens is 352 g/mol. The number of aryl methyl sites for hydroxylation is 2. The highest BCUT2D eigenvalue weighted by Crippen LogP contribution is 2.22. The van der Waals surface area contributed by atoms with Gasteiger partial charge in [-0.25, -0.2) is 9.97 Å². The summed E-state index contributed by atoms with van der Waals surface area (Å²) in [4.78, 5) is 36.0. The number of aromatic nitrogens is 2. The Labute approximate surface area is 166 Å². The zero-order valence-corrected chi connectivity index (χ0v) is 17.5. The first-order chi connectivity index (χ1) is 13.1. The smallest absolute Gasteiger partial charge is 0.251 e. The van der Waals surface area contributed by atoms with Crippen LogP contribution in [-0.4, -0.2) is 45.8 Å². The Bertz CT molecular complexity index is 893. The van der Waals surface area contributed by atoms with E-state index in [1.165, 1.54) is 0 Å². The zero-order valence-electron chi connectivity index (χ0n) is 17.5. The third-order valence-corrected chi connectivity index (χ3v) is 5.20. The fraction of sp³-hybridized carbons (Fsp3) is 0.545. The fourth-order valence-electron chi connectivity index (χ4n) is 3.48. The Morgan fingerprint density at radius 2 is 1.68 bits per heavy atom. The van der Waals surface area contributed by atoms with Gasteiger partial charge in [-0.15, -0.1) is 0 Å². The minimum Gasteiger partial charge on any atom is -0.349 e. The van der Waals surface area contributed by atoms with Gasteiger partial charge in [0.15, 0.2) is 0 Å². The van der Waals surface area contributed by atoms with Crippen LogP contribution in [0.4, 0.5) is 0 Å². The van der Waals surface area contributed by atoms with Crippen LogP contribution in [0.5, 0.6) is 0 Å². The van der Waals surface area contributed by atoms with Gasteiger partial charge in [-0.2, -0.15) is 0 Å². The summed E-state index contributed by atoms with van der Waals surface area (Å²) < 4.78 is 0. The highest BCUT2D eigenvalue weighted by atomic mass is 16.2. The lowest BCUT2D eigenvalue weighted by atomic mass is 9.91. The topological polar surface area (TPSA) is 75.2 Å². The molecule has 0 spiro atoms. The summed E-state index contributed by atoms with van der Waals surface area (Å²) in [5, 5.41) is 3.11. The molecule has 0 unspecified atom stereocenters. The van der Waals surface area contributed by atoms with Crippen molar-refractivity contribution in [3.8, 4) is 0 Å².